The number of fused-ring (bicyclic) bond motifs is 1. The van der Waals surface area contributed by atoms with Crippen LogP contribution < -0.4 is 14.8 Å². The SMILES string of the molecule is CC(C(=O)NC1CCCCC1)N(Cc1ccc(Cl)cc1Cl)C(=O)CCc1ccc2c(c1)OCO2. The van der Waals surface area contributed by atoms with E-state index in [9.17, 15) is 9.59 Å². The zero-order valence-electron chi connectivity index (χ0n) is 19.3. The molecule has 1 atom stereocenters. The van der Waals surface area contributed by atoms with Gasteiger partial charge in [-0.1, -0.05) is 54.6 Å². The number of carbonyl (C=O) groups excluding carboxylic acids is 2. The molecule has 1 saturated carbocycles. The molecule has 6 nitrogen and oxygen atoms in total. The molecule has 1 aliphatic heterocycles. The average Bonchev–Trinajstić information content (AvgIpc) is 3.30. The second kappa shape index (κ2) is 11.3. The topological polar surface area (TPSA) is 67.9 Å². The molecule has 2 aromatic carbocycles. The van der Waals surface area contributed by atoms with Crippen molar-refractivity contribution in [2.75, 3.05) is 6.79 Å². The second-order valence-corrected chi connectivity index (χ2v) is 9.81. The van der Waals surface area contributed by atoms with Crippen LogP contribution in [0.2, 0.25) is 10.0 Å². The van der Waals surface area contributed by atoms with Gasteiger partial charge >= 0.3 is 0 Å². The maximum Gasteiger partial charge on any atom is 0.242 e. The molecule has 0 radical (unpaired) electrons. The predicted octanol–water partition coefficient (Wildman–Crippen LogP) is 5.52. The molecule has 0 spiro atoms. The molecule has 0 bridgehead atoms. The number of rotatable bonds is 8. The zero-order valence-corrected chi connectivity index (χ0v) is 20.8. The third-order valence-corrected chi connectivity index (χ3v) is 7.13. The highest BCUT2D eigenvalue weighted by molar-refractivity contribution is 6.35. The van der Waals surface area contributed by atoms with E-state index in [1.165, 1.54) is 6.42 Å². The van der Waals surface area contributed by atoms with Crippen molar-refractivity contribution in [3.05, 3.63) is 57.6 Å². The van der Waals surface area contributed by atoms with Crippen LogP contribution in [0.15, 0.2) is 36.4 Å². The summed E-state index contributed by atoms with van der Waals surface area (Å²) in [4.78, 5) is 28.1. The smallest absolute Gasteiger partial charge is 0.242 e. The van der Waals surface area contributed by atoms with E-state index in [0.29, 0.717) is 28.0 Å². The lowest BCUT2D eigenvalue weighted by Crippen LogP contribution is -2.50. The summed E-state index contributed by atoms with van der Waals surface area (Å²) in [6.07, 6.45) is 6.21. The number of nitrogens with zero attached hydrogens (tertiary/aromatic N) is 1. The van der Waals surface area contributed by atoms with Crippen LogP contribution in [0.25, 0.3) is 0 Å². The predicted molar refractivity (Wildman–Crippen MR) is 132 cm³/mol. The summed E-state index contributed by atoms with van der Waals surface area (Å²) >= 11 is 12.4. The first kappa shape index (κ1) is 24.7. The Bertz CT molecular complexity index is 1040. The fourth-order valence-corrected chi connectivity index (χ4v) is 4.94. The normalized spacial score (nSPS) is 16.2. The third kappa shape index (κ3) is 6.16. The van der Waals surface area contributed by atoms with Gasteiger partial charge in [0.05, 0.1) is 0 Å². The maximum absolute atomic E-state index is 13.4. The molecule has 1 N–H and O–H groups in total. The molecule has 8 heteroatoms. The minimum atomic E-state index is -0.627. The molecular weight excluding hydrogens is 475 g/mol. The summed E-state index contributed by atoms with van der Waals surface area (Å²) in [5.74, 6) is 1.15. The first-order valence-corrected chi connectivity index (χ1v) is 12.6. The Morgan fingerprint density at radius 1 is 1.06 bits per heavy atom. The van der Waals surface area contributed by atoms with E-state index in [0.717, 1.165) is 36.8 Å². The van der Waals surface area contributed by atoms with Gasteiger partial charge in [-0.2, -0.15) is 0 Å². The van der Waals surface area contributed by atoms with E-state index >= 15 is 0 Å². The van der Waals surface area contributed by atoms with Crippen molar-refractivity contribution < 1.29 is 19.1 Å². The van der Waals surface area contributed by atoms with E-state index < -0.39 is 6.04 Å². The van der Waals surface area contributed by atoms with Gasteiger partial charge in [0.25, 0.3) is 0 Å². The van der Waals surface area contributed by atoms with Crippen LogP contribution in [-0.2, 0) is 22.6 Å². The molecule has 1 fully saturated rings. The second-order valence-electron chi connectivity index (χ2n) is 8.96. The van der Waals surface area contributed by atoms with E-state index in [1.54, 1.807) is 30.0 Å². The number of benzene rings is 2. The third-order valence-electron chi connectivity index (χ3n) is 6.54. The summed E-state index contributed by atoms with van der Waals surface area (Å²) in [6.45, 7) is 2.22. The van der Waals surface area contributed by atoms with Gasteiger partial charge in [-0.25, -0.2) is 0 Å². The Labute approximate surface area is 210 Å². The summed E-state index contributed by atoms with van der Waals surface area (Å²) < 4.78 is 10.8. The number of hydrogen-bond acceptors (Lipinski definition) is 4. The number of amides is 2. The van der Waals surface area contributed by atoms with Gasteiger partial charge in [-0.15, -0.1) is 0 Å². The van der Waals surface area contributed by atoms with E-state index in [2.05, 4.69) is 5.32 Å². The summed E-state index contributed by atoms with van der Waals surface area (Å²) in [5, 5.41) is 4.15. The van der Waals surface area contributed by atoms with Crippen molar-refractivity contribution in [3.8, 4) is 11.5 Å². The maximum atomic E-state index is 13.4. The Hall–Kier alpha value is -2.44. The molecule has 182 valence electrons. The number of ether oxygens (including phenoxy) is 2. The number of aryl methyl sites for hydroxylation is 1. The lowest BCUT2D eigenvalue weighted by molar-refractivity contribution is -0.141. The van der Waals surface area contributed by atoms with Gasteiger partial charge in [-0.3, -0.25) is 9.59 Å². The van der Waals surface area contributed by atoms with Crippen molar-refractivity contribution in [1.29, 1.82) is 0 Å². The zero-order chi connectivity index (χ0) is 24.1. The van der Waals surface area contributed by atoms with Crippen molar-refractivity contribution in [2.24, 2.45) is 0 Å². The molecule has 2 amide bonds. The molecule has 34 heavy (non-hydrogen) atoms. The molecule has 1 aliphatic carbocycles. The number of carbonyl (C=O) groups is 2. The van der Waals surface area contributed by atoms with E-state index in [-0.39, 0.29) is 37.6 Å². The van der Waals surface area contributed by atoms with Crippen LogP contribution in [0.1, 0.15) is 56.6 Å². The molecule has 1 heterocycles. The van der Waals surface area contributed by atoms with Gasteiger partial charge in [-0.05, 0) is 61.6 Å². The van der Waals surface area contributed by atoms with Crippen LogP contribution in [0.3, 0.4) is 0 Å². The van der Waals surface area contributed by atoms with Crippen LogP contribution >= 0.6 is 23.2 Å². The fraction of sp³-hybridized carbons (Fsp3) is 0.462. The van der Waals surface area contributed by atoms with E-state index in [4.69, 9.17) is 32.7 Å². The fourth-order valence-electron chi connectivity index (χ4n) is 4.48. The molecule has 0 saturated heterocycles. The lowest BCUT2D eigenvalue weighted by atomic mass is 9.95. The highest BCUT2D eigenvalue weighted by atomic mass is 35.5. The highest BCUT2D eigenvalue weighted by Gasteiger charge is 2.28. The van der Waals surface area contributed by atoms with E-state index in [1.807, 2.05) is 18.2 Å². The monoisotopic (exact) mass is 504 g/mol. The quantitative estimate of drug-likeness (QED) is 0.513. The Morgan fingerprint density at radius 2 is 1.82 bits per heavy atom. The molecule has 2 aliphatic rings. The highest BCUT2D eigenvalue weighted by Crippen LogP contribution is 2.33. The Balaban J connectivity index is 1.47. The minimum Gasteiger partial charge on any atom is -0.454 e. The average molecular weight is 505 g/mol. The molecule has 1 unspecified atom stereocenters. The first-order valence-electron chi connectivity index (χ1n) is 11.8. The van der Waals surface area contributed by atoms with Gasteiger partial charge in [0.15, 0.2) is 11.5 Å². The standard InChI is InChI=1S/C26H30Cl2N2O4/c1-17(26(32)29-21-5-3-2-4-6-21)30(15-19-9-10-20(27)14-22(19)28)25(31)12-8-18-7-11-23-24(13-18)34-16-33-23/h7,9-11,13-14,17,21H,2-6,8,12,15-16H2,1H3,(H,29,32). The van der Waals surface area contributed by atoms with Crippen LogP contribution in [0.5, 0.6) is 11.5 Å². The molecule has 4 rings (SSSR count). The summed E-state index contributed by atoms with van der Waals surface area (Å²) in [6, 6.07) is 10.4. The van der Waals surface area contributed by atoms with Crippen molar-refractivity contribution in [1.82, 2.24) is 10.2 Å². The van der Waals surface area contributed by atoms with Crippen LogP contribution in [0, 0.1) is 0 Å². The Morgan fingerprint density at radius 3 is 2.59 bits per heavy atom. The first-order chi connectivity index (χ1) is 16.4. The number of nitrogens with one attached hydrogen (secondary N) is 1. The van der Waals surface area contributed by atoms with Crippen LogP contribution in [0.4, 0.5) is 0 Å². The number of hydrogen-bond donors (Lipinski definition) is 1. The van der Waals surface area contributed by atoms with Gasteiger partial charge in [0, 0.05) is 29.1 Å². The van der Waals surface area contributed by atoms with Crippen molar-refractivity contribution in [3.63, 3.8) is 0 Å². The summed E-state index contributed by atoms with van der Waals surface area (Å²) in [7, 11) is 0. The van der Waals surface area contributed by atoms with Crippen LogP contribution in [-0.4, -0.2) is 35.6 Å². The number of halogens is 2. The summed E-state index contributed by atoms with van der Waals surface area (Å²) in [5.41, 5.74) is 1.72. The largest absolute Gasteiger partial charge is 0.454 e. The molecule has 2 aromatic rings. The lowest BCUT2D eigenvalue weighted by Gasteiger charge is -2.31. The molecule has 0 aromatic heterocycles. The molecular formula is C26H30Cl2N2O4. The van der Waals surface area contributed by atoms with Gasteiger partial charge in [0.2, 0.25) is 18.6 Å². The van der Waals surface area contributed by atoms with Gasteiger partial charge in [0.1, 0.15) is 6.04 Å². The van der Waals surface area contributed by atoms with Crippen molar-refractivity contribution in [2.45, 2.75) is 70.5 Å². The van der Waals surface area contributed by atoms with Gasteiger partial charge < -0.3 is 19.7 Å². The van der Waals surface area contributed by atoms with Crippen molar-refractivity contribution >= 4 is 35.0 Å². The Kier molecular flexibility index (Phi) is 8.22. The minimum absolute atomic E-state index is 0.116.